The molecule has 0 amide bonds. The van der Waals surface area contributed by atoms with Crippen molar-refractivity contribution in [2.75, 3.05) is 0 Å². The highest BCUT2D eigenvalue weighted by atomic mass is 127. The summed E-state index contributed by atoms with van der Waals surface area (Å²) in [6.45, 7) is 0. The maximum atomic E-state index is 12.5. The van der Waals surface area contributed by atoms with Crippen molar-refractivity contribution in [1.82, 2.24) is 0 Å². The molecule has 3 heteroatoms. The largest absolute Gasteiger partial charge is 0.210 e. The molecule has 1 aromatic rings. The summed E-state index contributed by atoms with van der Waals surface area (Å²) in [5, 5.41) is 0.799. The molecule has 0 spiro atoms. The summed E-state index contributed by atoms with van der Waals surface area (Å²) in [5.74, 6) is -1.43. The van der Waals surface area contributed by atoms with Gasteiger partial charge in [0.1, 0.15) is 0 Å². The van der Waals surface area contributed by atoms with Gasteiger partial charge in [0.2, 0.25) is 0 Å². The normalized spacial score (nSPS) is 13.1. The molecule has 0 saturated heterocycles. The van der Waals surface area contributed by atoms with E-state index in [0.717, 1.165) is 5.30 Å². The third-order valence-corrected chi connectivity index (χ3v) is 3.31. The Balaban J connectivity index is 2.85. The van der Waals surface area contributed by atoms with Gasteiger partial charge in [0, 0.05) is 5.30 Å². The van der Waals surface area contributed by atoms with Gasteiger partial charge in [-0.25, -0.2) is 4.20 Å². The van der Waals surface area contributed by atoms with E-state index in [0.29, 0.717) is 0 Å². The zero-order valence-electron chi connectivity index (χ0n) is 4.59. The van der Waals surface area contributed by atoms with Gasteiger partial charge in [0.05, 0.1) is 0 Å². The van der Waals surface area contributed by atoms with Gasteiger partial charge in [0.25, 0.3) is 0 Å². The van der Waals surface area contributed by atoms with Crippen LogP contribution in [-0.4, -0.2) is 0 Å². The Hall–Kier alpha value is 0.310. The molecule has 0 radical (unpaired) electrons. The van der Waals surface area contributed by atoms with Crippen LogP contribution in [0.25, 0.3) is 0 Å². The molecule has 0 aliphatic carbocycles. The van der Waals surface area contributed by atoms with Gasteiger partial charge in [-0.1, -0.05) is 30.3 Å². The lowest BCUT2D eigenvalue weighted by atomic mass is 10.4. The van der Waals surface area contributed by atoms with Crippen LogP contribution in [0.3, 0.4) is 0 Å². The van der Waals surface area contributed by atoms with Gasteiger partial charge in [-0.3, -0.25) is 0 Å². The Kier molecular flexibility index (Phi) is 2.86. The van der Waals surface area contributed by atoms with Crippen LogP contribution in [-0.2, 0) is 0 Å². The summed E-state index contributed by atoms with van der Waals surface area (Å²) in [6, 6.07) is 9.20. The van der Waals surface area contributed by atoms with Crippen molar-refractivity contribution in [3.05, 3.63) is 30.3 Å². The van der Waals surface area contributed by atoms with Gasteiger partial charge >= 0.3 is 0 Å². The zero-order chi connectivity index (χ0) is 6.69. The van der Waals surface area contributed by atoms with E-state index >= 15 is 0 Å². The molecule has 0 heterocycles. The van der Waals surface area contributed by atoms with E-state index in [1.165, 1.54) is 0 Å². The molecule has 0 aliphatic rings. The lowest BCUT2D eigenvalue weighted by Crippen LogP contribution is -1.90. The summed E-state index contributed by atoms with van der Waals surface area (Å²) in [6.07, 6.45) is 0. The van der Waals surface area contributed by atoms with Crippen molar-refractivity contribution in [2.45, 2.75) is 0 Å². The fourth-order valence-electron chi connectivity index (χ4n) is 0.541. The summed E-state index contributed by atoms with van der Waals surface area (Å²) in [7, 11) is 0. The molecule has 48 valence electrons. The first-order valence-corrected chi connectivity index (χ1v) is 6.49. The van der Waals surface area contributed by atoms with E-state index in [4.69, 9.17) is 0 Å². The van der Waals surface area contributed by atoms with Crippen molar-refractivity contribution in [3.8, 4) is 0 Å². The van der Waals surface area contributed by atoms with E-state index < -0.39 is 5.87 Å². The second-order valence-electron chi connectivity index (χ2n) is 1.57. The van der Waals surface area contributed by atoms with Crippen LogP contribution in [0.5, 0.6) is 0 Å². The van der Waals surface area contributed by atoms with Gasteiger partial charge in [-0.05, 0) is 22.0 Å². The van der Waals surface area contributed by atoms with Crippen LogP contribution in [0.4, 0.5) is 4.20 Å². The fraction of sp³-hybridized carbons (Fsp3) is 0. The molecule has 0 saturated carbocycles. The molecule has 0 aromatic heterocycles. The van der Waals surface area contributed by atoms with Crippen molar-refractivity contribution < 1.29 is 4.20 Å². The van der Waals surface area contributed by atoms with Crippen LogP contribution >= 0.6 is 27.9 Å². The van der Waals surface area contributed by atoms with Crippen LogP contribution in [0.15, 0.2) is 30.3 Å². The average Bonchev–Trinajstić information content (AvgIpc) is 1.90. The molecule has 0 bridgehead atoms. The van der Waals surface area contributed by atoms with Gasteiger partial charge < -0.3 is 0 Å². The van der Waals surface area contributed by atoms with Crippen molar-refractivity contribution in [1.29, 1.82) is 0 Å². The minimum absolute atomic E-state index is 0.799. The summed E-state index contributed by atoms with van der Waals surface area (Å²) >= 11 is 1.81. The molecular formula is C6H5FIP. The monoisotopic (exact) mass is 254 g/mol. The van der Waals surface area contributed by atoms with E-state index in [1.54, 1.807) is 34.2 Å². The molecule has 1 atom stereocenters. The van der Waals surface area contributed by atoms with Crippen molar-refractivity contribution in [3.63, 3.8) is 0 Å². The second kappa shape index (κ2) is 3.47. The van der Waals surface area contributed by atoms with Gasteiger partial charge in [-0.2, -0.15) is 0 Å². The first kappa shape index (κ1) is 7.42. The molecule has 1 aromatic carbocycles. The van der Waals surface area contributed by atoms with E-state index in [9.17, 15) is 4.20 Å². The summed E-state index contributed by atoms with van der Waals surface area (Å²) in [4.78, 5) is 0. The number of halogens is 2. The highest BCUT2D eigenvalue weighted by Gasteiger charge is 2.01. The summed E-state index contributed by atoms with van der Waals surface area (Å²) < 4.78 is 12.5. The lowest BCUT2D eigenvalue weighted by molar-refractivity contribution is 0.927. The third kappa shape index (κ3) is 2.18. The highest BCUT2D eigenvalue weighted by Crippen LogP contribution is 2.44. The Morgan fingerprint density at radius 3 is 2.11 bits per heavy atom. The van der Waals surface area contributed by atoms with E-state index in [2.05, 4.69) is 0 Å². The third-order valence-electron chi connectivity index (χ3n) is 0.951. The fourth-order valence-corrected chi connectivity index (χ4v) is 1.90. The van der Waals surface area contributed by atoms with Crippen LogP contribution in [0, 0.1) is 0 Å². The standard InChI is InChI=1S/C6H5FIP/c7-9(8)6-4-2-1-3-5-6/h1-5H. The second-order valence-corrected chi connectivity index (χ2v) is 5.09. The zero-order valence-corrected chi connectivity index (χ0v) is 7.64. The first-order valence-electron chi connectivity index (χ1n) is 2.47. The number of benzene rings is 1. The first-order chi connectivity index (χ1) is 4.30. The van der Waals surface area contributed by atoms with Crippen LogP contribution < -0.4 is 5.30 Å². The Bertz CT molecular complexity index is 176. The molecular weight excluding hydrogens is 249 g/mol. The Labute approximate surface area is 67.8 Å². The van der Waals surface area contributed by atoms with Gasteiger partial charge in [0.15, 0.2) is 5.87 Å². The number of hydrogen-bond acceptors (Lipinski definition) is 0. The molecule has 0 N–H and O–H groups in total. The molecule has 0 aliphatic heterocycles. The smallest absolute Gasteiger partial charge is 0.177 e. The topological polar surface area (TPSA) is 0 Å². The van der Waals surface area contributed by atoms with Crippen molar-refractivity contribution in [2.24, 2.45) is 0 Å². The molecule has 0 nitrogen and oxygen atoms in total. The minimum atomic E-state index is -1.43. The van der Waals surface area contributed by atoms with Crippen LogP contribution in [0.1, 0.15) is 0 Å². The van der Waals surface area contributed by atoms with Crippen LogP contribution in [0.2, 0.25) is 0 Å². The van der Waals surface area contributed by atoms with Gasteiger partial charge in [-0.15, -0.1) is 0 Å². The number of hydrogen-bond donors (Lipinski definition) is 0. The van der Waals surface area contributed by atoms with E-state index in [-0.39, 0.29) is 0 Å². The minimum Gasteiger partial charge on any atom is -0.210 e. The Morgan fingerprint density at radius 1 is 1.22 bits per heavy atom. The van der Waals surface area contributed by atoms with Crippen molar-refractivity contribution >= 4 is 33.2 Å². The molecule has 9 heavy (non-hydrogen) atoms. The van der Waals surface area contributed by atoms with E-state index in [1.807, 2.05) is 18.2 Å². The summed E-state index contributed by atoms with van der Waals surface area (Å²) in [5.41, 5.74) is 0. The maximum absolute atomic E-state index is 12.5. The quantitative estimate of drug-likeness (QED) is 0.533. The SMILES string of the molecule is FP(I)c1ccccc1. The molecule has 1 rings (SSSR count). The average molecular weight is 254 g/mol. The predicted molar refractivity (Wildman–Crippen MR) is 48.1 cm³/mol. The Morgan fingerprint density at radius 2 is 1.78 bits per heavy atom. The highest BCUT2D eigenvalue weighted by molar-refractivity contribution is 14.2. The maximum Gasteiger partial charge on any atom is 0.177 e. The molecule has 0 fully saturated rings. The lowest BCUT2D eigenvalue weighted by Gasteiger charge is -1.95. The predicted octanol–water partition coefficient (Wildman–Crippen LogP) is 3.03. The molecule has 1 unspecified atom stereocenters. The number of rotatable bonds is 1.